The molecule has 0 saturated heterocycles. The number of fused-ring (bicyclic) bond motifs is 1. The first kappa shape index (κ1) is 13.8. The summed E-state index contributed by atoms with van der Waals surface area (Å²) in [5.74, 6) is 0. The van der Waals surface area contributed by atoms with Crippen LogP contribution in [0, 0.1) is 0 Å². The molecule has 0 bridgehead atoms. The van der Waals surface area contributed by atoms with Crippen LogP contribution in [0.15, 0.2) is 60.8 Å². The Bertz CT molecular complexity index is 759. The molecule has 0 radical (unpaired) electrons. The minimum absolute atomic E-state index is 0.461. The van der Waals surface area contributed by atoms with Crippen LogP contribution in [0.2, 0.25) is 0 Å². The predicted molar refractivity (Wildman–Crippen MR) is 92.6 cm³/mol. The lowest BCUT2D eigenvalue weighted by atomic mass is 10.1. The van der Waals surface area contributed by atoms with E-state index in [9.17, 15) is 0 Å². The van der Waals surface area contributed by atoms with Crippen molar-refractivity contribution >= 4 is 28.1 Å². The fourth-order valence-corrected chi connectivity index (χ4v) is 2.91. The maximum atomic E-state index is 5.79. The fraction of sp³-hybridized carbons (Fsp3) is 0.167. The Labute approximate surface area is 130 Å². The van der Waals surface area contributed by atoms with Crippen molar-refractivity contribution < 1.29 is 0 Å². The van der Waals surface area contributed by atoms with Gasteiger partial charge in [0.1, 0.15) is 4.99 Å². The van der Waals surface area contributed by atoms with E-state index in [1.54, 1.807) is 0 Å². The van der Waals surface area contributed by atoms with Gasteiger partial charge in [0.2, 0.25) is 0 Å². The number of nitrogens with zero attached hydrogens (tertiary/aromatic N) is 1. The van der Waals surface area contributed by atoms with Gasteiger partial charge in [-0.25, -0.2) is 0 Å². The maximum absolute atomic E-state index is 5.79. The number of hydrogen-bond donors (Lipinski definition) is 1. The van der Waals surface area contributed by atoms with Crippen molar-refractivity contribution in [3.63, 3.8) is 0 Å². The van der Waals surface area contributed by atoms with E-state index < -0.39 is 0 Å². The molecule has 0 aliphatic carbocycles. The van der Waals surface area contributed by atoms with Crippen molar-refractivity contribution in [2.45, 2.75) is 19.4 Å². The first-order valence-electron chi connectivity index (χ1n) is 7.17. The largest absolute Gasteiger partial charge is 0.389 e. The third-order valence-electron chi connectivity index (χ3n) is 3.79. The molecule has 106 valence electrons. The lowest BCUT2D eigenvalue weighted by molar-refractivity contribution is 0.662. The van der Waals surface area contributed by atoms with Gasteiger partial charge in [0.15, 0.2) is 0 Å². The molecule has 0 saturated carbocycles. The number of aryl methyl sites for hydroxylation is 2. The minimum atomic E-state index is 0.461. The van der Waals surface area contributed by atoms with Crippen LogP contribution < -0.4 is 5.73 Å². The Kier molecular flexibility index (Phi) is 4.02. The average Bonchev–Trinajstić information content (AvgIpc) is 2.91. The van der Waals surface area contributed by atoms with Gasteiger partial charge in [0.05, 0.1) is 0 Å². The second-order valence-electron chi connectivity index (χ2n) is 5.20. The summed E-state index contributed by atoms with van der Waals surface area (Å²) in [6.45, 7) is 0.999. The first-order valence-corrected chi connectivity index (χ1v) is 7.58. The van der Waals surface area contributed by atoms with Crippen molar-refractivity contribution in [3.8, 4) is 0 Å². The van der Waals surface area contributed by atoms with E-state index in [0.717, 1.165) is 30.3 Å². The van der Waals surface area contributed by atoms with Crippen LogP contribution in [0.1, 0.15) is 17.5 Å². The second-order valence-corrected chi connectivity index (χ2v) is 5.64. The van der Waals surface area contributed by atoms with E-state index in [0.29, 0.717) is 4.99 Å². The summed E-state index contributed by atoms with van der Waals surface area (Å²) in [7, 11) is 0. The Hall–Kier alpha value is -2.13. The Morgan fingerprint density at radius 3 is 2.57 bits per heavy atom. The van der Waals surface area contributed by atoms with Gasteiger partial charge in [-0.2, -0.15) is 0 Å². The van der Waals surface area contributed by atoms with E-state index in [1.165, 1.54) is 11.1 Å². The maximum Gasteiger partial charge on any atom is 0.104 e. The van der Waals surface area contributed by atoms with Gasteiger partial charge >= 0.3 is 0 Å². The summed E-state index contributed by atoms with van der Waals surface area (Å²) >= 11 is 5.12. The van der Waals surface area contributed by atoms with Gasteiger partial charge < -0.3 is 10.3 Å². The Morgan fingerprint density at radius 1 is 1.00 bits per heavy atom. The van der Waals surface area contributed by atoms with Crippen LogP contribution in [-0.2, 0) is 13.0 Å². The van der Waals surface area contributed by atoms with Crippen LogP contribution >= 0.6 is 12.2 Å². The van der Waals surface area contributed by atoms with Crippen LogP contribution in [0.25, 0.3) is 10.9 Å². The molecule has 0 spiro atoms. The highest BCUT2D eigenvalue weighted by molar-refractivity contribution is 7.80. The second kappa shape index (κ2) is 6.10. The minimum Gasteiger partial charge on any atom is -0.389 e. The van der Waals surface area contributed by atoms with Gasteiger partial charge in [-0.1, -0.05) is 54.7 Å². The highest BCUT2D eigenvalue weighted by Crippen LogP contribution is 2.21. The smallest absolute Gasteiger partial charge is 0.104 e. The Balaban J connectivity index is 1.76. The molecule has 0 amide bonds. The summed E-state index contributed by atoms with van der Waals surface area (Å²) in [5.41, 5.74) is 9.34. The number of aromatic nitrogens is 1. The first-order chi connectivity index (χ1) is 10.3. The summed E-state index contributed by atoms with van der Waals surface area (Å²) in [5, 5.41) is 1.14. The molecule has 1 aromatic heterocycles. The molecular weight excluding hydrogens is 276 g/mol. The summed E-state index contributed by atoms with van der Waals surface area (Å²) in [4.78, 5) is 0.461. The normalized spacial score (nSPS) is 10.9. The molecule has 0 atom stereocenters. The van der Waals surface area contributed by atoms with Crippen LogP contribution in [0.5, 0.6) is 0 Å². The SMILES string of the molecule is NC(=S)c1cccc2c1ccn2CCCc1ccccc1. The zero-order chi connectivity index (χ0) is 14.7. The van der Waals surface area contributed by atoms with E-state index in [1.807, 2.05) is 12.1 Å². The molecule has 0 unspecified atom stereocenters. The van der Waals surface area contributed by atoms with Crippen molar-refractivity contribution in [3.05, 3.63) is 71.9 Å². The molecule has 0 aliphatic rings. The fourth-order valence-electron chi connectivity index (χ4n) is 2.73. The topological polar surface area (TPSA) is 30.9 Å². The van der Waals surface area contributed by atoms with Gasteiger partial charge in [0, 0.05) is 29.2 Å². The monoisotopic (exact) mass is 294 g/mol. The highest BCUT2D eigenvalue weighted by Gasteiger charge is 2.07. The van der Waals surface area contributed by atoms with E-state index in [2.05, 4.69) is 53.2 Å². The zero-order valence-corrected chi connectivity index (χ0v) is 12.6. The average molecular weight is 294 g/mol. The van der Waals surface area contributed by atoms with Gasteiger partial charge in [0.25, 0.3) is 0 Å². The Morgan fingerprint density at radius 2 is 1.81 bits per heavy atom. The molecule has 3 aromatic rings. The van der Waals surface area contributed by atoms with Crippen molar-refractivity contribution in [2.24, 2.45) is 5.73 Å². The lowest BCUT2D eigenvalue weighted by Crippen LogP contribution is -2.09. The van der Waals surface area contributed by atoms with E-state index in [4.69, 9.17) is 18.0 Å². The molecule has 2 aromatic carbocycles. The standard InChI is InChI=1S/C18H18N2S/c19-18(21)16-9-4-10-17-15(16)11-13-20(17)12-5-8-14-6-2-1-3-7-14/h1-4,6-7,9-11,13H,5,8,12H2,(H2,19,21). The summed E-state index contributed by atoms with van der Waals surface area (Å²) in [6.07, 6.45) is 4.33. The van der Waals surface area contributed by atoms with Crippen LogP contribution in [0.4, 0.5) is 0 Å². The summed E-state index contributed by atoms with van der Waals surface area (Å²) < 4.78 is 2.28. The summed E-state index contributed by atoms with van der Waals surface area (Å²) in [6, 6.07) is 18.8. The van der Waals surface area contributed by atoms with Crippen LogP contribution in [0.3, 0.4) is 0 Å². The number of benzene rings is 2. The molecule has 1 heterocycles. The molecule has 2 N–H and O–H groups in total. The number of hydrogen-bond acceptors (Lipinski definition) is 1. The van der Waals surface area contributed by atoms with Gasteiger partial charge in [-0.15, -0.1) is 0 Å². The van der Waals surface area contributed by atoms with E-state index in [-0.39, 0.29) is 0 Å². The van der Waals surface area contributed by atoms with Gasteiger partial charge in [-0.05, 0) is 30.5 Å². The predicted octanol–water partition coefficient (Wildman–Crippen LogP) is 3.91. The zero-order valence-electron chi connectivity index (χ0n) is 11.8. The molecule has 21 heavy (non-hydrogen) atoms. The lowest BCUT2D eigenvalue weighted by Gasteiger charge is -2.07. The molecular formula is C18H18N2S. The van der Waals surface area contributed by atoms with Crippen LogP contribution in [-0.4, -0.2) is 9.56 Å². The molecule has 0 fully saturated rings. The quantitative estimate of drug-likeness (QED) is 0.723. The number of thiocarbonyl (C=S) groups is 1. The third kappa shape index (κ3) is 2.98. The van der Waals surface area contributed by atoms with E-state index >= 15 is 0 Å². The van der Waals surface area contributed by atoms with Crippen molar-refractivity contribution in [2.75, 3.05) is 0 Å². The molecule has 0 aliphatic heterocycles. The number of nitrogens with two attached hydrogens (primary N) is 1. The molecule has 3 heteroatoms. The van der Waals surface area contributed by atoms with Crippen molar-refractivity contribution in [1.82, 2.24) is 4.57 Å². The van der Waals surface area contributed by atoms with Gasteiger partial charge in [-0.3, -0.25) is 0 Å². The molecule has 2 nitrogen and oxygen atoms in total. The number of rotatable bonds is 5. The molecule has 3 rings (SSSR count). The third-order valence-corrected chi connectivity index (χ3v) is 4.01. The van der Waals surface area contributed by atoms with Crippen molar-refractivity contribution in [1.29, 1.82) is 0 Å². The highest BCUT2D eigenvalue weighted by atomic mass is 32.1.